The Balaban J connectivity index is 0.00000180. The van der Waals surface area contributed by atoms with Crippen LogP contribution in [0, 0.1) is 18.6 Å². The second kappa shape index (κ2) is 6.50. The van der Waals surface area contributed by atoms with E-state index in [0.717, 1.165) is 0 Å². The molecule has 19 heavy (non-hydrogen) atoms. The van der Waals surface area contributed by atoms with E-state index in [4.69, 9.17) is 10.5 Å². The van der Waals surface area contributed by atoms with Gasteiger partial charge >= 0.3 is 0 Å². The van der Waals surface area contributed by atoms with E-state index in [2.05, 4.69) is 0 Å². The lowest BCUT2D eigenvalue weighted by Gasteiger charge is -2.10. The monoisotopic (exact) mass is 285 g/mol. The van der Waals surface area contributed by atoms with Crippen molar-refractivity contribution in [2.24, 2.45) is 5.73 Å². The maximum atomic E-state index is 13.7. The number of aryl methyl sites for hydroxylation is 1. The number of hydrogen-bond donors (Lipinski definition) is 1. The van der Waals surface area contributed by atoms with Gasteiger partial charge in [-0.15, -0.1) is 12.4 Å². The zero-order chi connectivity index (χ0) is 13.1. The van der Waals surface area contributed by atoms with Crippen LogP contribution in [0.1, 0.15) is 11.1 Å². The van der Waals surface area contributed by atoms with Crippen molar-refractivity contribution < 1.29 is 13.5 Å². The molecule has 0 radical (unpaired) electrons. The first kappa shape index (κ1) is 15.4. The number of ether oxygens (including phenoxy) is 1. The van der Waals surface area contributed by atoms with E-state index in [0.29, 0.717) is 11.1 Å². The Kier molecular flexibility index (Phi) is 5.27. The second-order valence-electron chi connectivity index (χ2n) is 3.94. The molecule has 0 amide bonds. The summed E-state index contributed by atoms with van der Waals surface area (Å²) >= 11 is 0. The van der Waals surface area contributed by atoms with Gasteiger partial charge in [-0.1, -0.05) is 12.1 Å². The number of para-hydroxylation sites is 1. The highest BCUT2D eigenvalue weighted by Crippen LogP contribution is 2.27. The summed E-state index contributed by atoms with van der Waals surface area (Å²) < 4.78 is 32.4. The van der Waals surface area contributed by atoms with Gasteiger partial charge in [0.15, 0.2) is 11.6 Å². The van der Waals surface area contributed by atoms with Crippen LogP contribution in [0.2, 0.25) is 0 Å². The minimum atomic E-state index is -0.488. The molecule has 2 aromatic carbocycles. The predicted octanol–water partition coefficient (Wildman–Crippen LogP) is 3.95. The number of benzene rings is 2. The Morgan fingerprint density at radius 2 is 1.79 bits per heavy atom. The van der Waals surface area contributed by atoms with Gasteiger partial charge in [0, 0.05) is 18.2 Å². The Morgan fingerprint density at radius 3 is 2.37 bits per heavy atom. The third kappa shape index (κ3) is 3.43. The van der Waals surface area contributed by atoms with Gasteiger partial charge in [0.25, 0.3) is 0 Å². The number of nitrogens with two attached hydrogens (primary N) is 1. The highest BCUT2D eigenvalue weighted by Gasteiger charge is 2.09. The van der Waals surface area contributed by atoms with Crippen molar-refractivity contribution in [3.05, 3.63) is 59.2 Å². The lowest BCUT2D eigenvalue weighted by atomic mass is 10.1. The molecule has 2 N–H and O–H groups in total. The predicted molar refractivity (Wildman–Crippen MR) is 72.8 cm³/mol. The van der Waals surface area contributed by atoms with Crippen molar-refractivity contribution in [1.82, 2.24) is 0 Å². The van der Waals surface area contributed by atoms with Crippen molar-refractivity contribution in [2.45, 2.75) is 13.5 Å². The number of rotatable bonds is 3. The smallest absolute Gasteiger partial charge is 0.165 e. The molecule has 102 valence electrons. The summed E-state index contributed by atoms with van der Waals surface area (Å²) in [6.45, 7) is 1.86. The van der Waals surface area contributed by atoms with Crippen LogP contribution in [0.5, 0.6) is 11.5 Å². The van der Waals surface area contributed by atoms with Gasteiger partial charge in [0.1, 0.15) is 11.6 Å². The molecule has 0 saturated carbocycles. The Labute approximate surface area is 116 Å². The summed E-state index contributed by atoms with van der Waals surface area (Å²) in [5.41, 5.74) is 6.56. The molecule has 5 heteroatoms. The van der Waals surface area contributed by atoms with Crippen molar-refractivity contribution in [3.8, 4) is 11.5 Å². The number of halogens is 3. The zero-order valence-corrected chi connectivity index (χ0v) is 11.1. The van der Waals surface area contributed by atoms with E-state index >= 15 is 0 Å². The Morgan fingerprint density at radius 1 is 1.11 bits per heavy atom. The van der Waals surface area contributed by atoms with Crippen molar-refractivity contribution >= 4 is 12.4 Å². The maximum Gasteiger partial charge on any atom is 0.165 e. The second-order valence-corrected chi connectivity index (χ2v) is 3.94. The third-order valence-corrected chi connectivity index (χ3v) is 2.66. The van der Waals surface area contributed by atoms with Gasteiger partial charge in [0.2, 0.25) is 0 Å². The fraction of sp³-hybridized carbons (Fsp3) is 0.143. The first-order valence-corrected chi connectivity index (χ1v) is 5.53. The molecule has 2 aromatic rings. The average Bonchev–Trinajstić information content (AvgIpc) is 2.32. The largest absolute Gasteiger partial charge is 0.454 e. The molecule has 0 bridgehead atoms. The van der Waals surface area contributed by atoms with Crippen LogP contribution in [-0.2, 0) is 6.54 Å². The van der Waals surface area contributed by atoms with Crippen molar-refractivity contribution in [3.63, 3.8) is 0 Å². The molecule has 0 spiro atoms. The fourth-order valence-corrected chi connectivity index (χ4v) is 1.71. The molecule has 0 aliphatic rings. The average molecular weight is 286 g/mol. The minimum absolute atomic E-state index is 0. The summed E-state index contributed by atoms with van der Waals surface area (Å²) in [6, 6.07) is 8.83. The van der Waals surface area contributed by atoms with Crippen LogP contribution >= 0.6 is 12.4 Å². The summed E-state index contributed by atoms with van der Waals surface area (Å²) in [5, 5.41) is 0. The van der Waals surface area contributed by atoms with E-state index < -0.39 is 11.6 Å². The summed E-state index contributed by atoms with van der Waals surface area (Å²) in [6.07, 6.45) is 0. The van der Waals surface area contributed by atoms with Gasteiger partial charge in [-0.2, -0.15) is 0 Å². The van der Waals surface area contributed by atoms with Crippen LogP contribution in [0.15, 0.2) is 36.4 Å². The van der Waals surface area contributed by atoms with Crippen LogP contribution in [-0.4, -0.2) is 0 Å². The van der Waals surface area contributed by atoms with Gasteiger partial charge in [-0.05, 0) is 30.7 Å². The normalized spacial score (nSPS) is 9.89. The van der Waals surface area contributed by atoms with Crippen LogP contribution in [0.3, 0.4) is 0 Å². The molecular weight excluding hydrogens is 272 g/mol. The summed E-state index contributed by atoms with van der Waals surface area (Å²) in [4.78, 5) is 0. The van der Waals surface area contributed by atoms with E-state index in [-0.39, 0.29) is 30.5 Å². The maximum absolute atomic E-state index is 13.7. The lowest BCUT2D eigenvalue weighted by Crippen LogP contribution is -2.03. The molecule has 2 nitrogen and oxygen atoms in total. The number of hydrogen-bond acceptors (Lipinski definition) is 2. The topological polar surface area (TPSA) is 35.2 Å². The first-order chi connectivity index (χ1) is 8.61. The Bertz CT molecular complexity index is 552. The summed E-state index contributed by atoms with van der Waals surface area (Å²) in [7, 11) is 0. The van der Waals surface area contributed by atoms with Gasteiger partial charge in [-0.3, -0.25) is 0 Å². The van der Waals surface area contributed by atoms with Crippen LogP contribution < -0.4 is 10.5 Å². The minimum Gasteiger partial charge on any atom is -0.454 e. The van der Waals surface area contributed by atoms with E-state index in [1.54, 1.807) is 25.1 Å². The first-order valence-electron chi connectivity index (χ1n) is 5.53. The van der Waals surface area contributed by atoms with E-state index in [1.807, 2.05) is 0 Å². The summed E-state index contributed by atoms with van der Waals surface area (Å²) in [5.74, 6) is -0.605. The van der Waals surface area contributed by atoms with Crippen molar-refractivity contribution in [2.75, 3.05) is 0 Å². The van der Waals surface area contributed by atoms with Crippen molar-refractivity contribution in [1.29, 1.82) is 0 Å². The Hall–Kier alpha value is -1.65. The molecule has 0 heterocycles. The van der Waals surface area contributed by atoms with Gasteiger partial charge < -0.3 is 10.5 Å². The molecule has 0 saturated heterocycles. The molecule has 2 rings (SSSR count). The highest BCUT2D eigenvalue weighted by molar-refractivity contribution is 5.85. The third-order valence-electron chi connectivity index (χ3n) is 2.66. The molecule has 0 atom stereocenters. The molecule has 0 aromatic heterocycles. The molecule has 0 aliphatic carbocycles. The zero-order valence-electron chi connectivity index (χ0n) is 10.3. The molecule has 0 fully saturated rings. The van der Waals surface area contributed by atoms with Gasteiger partial charge in [0.05, 0.1) is 0 Å². The lowest BCUT2D eigenvalue weighted by molar-refractivity contribution is 0.437. The standard InChI is InChI=1S/C14H13F2NO.ClH/c1-9-6-10(7-13(16)11(9)8-17)18-14-5-3-2-4-12(14)15;/h2-7H,8,17H2,1H3;1H. The highest BCUT2D eigenvalue weighted by atomic mass is 35.5. The van der Waals surface area contributed by atoms with Gasteiger partial charge in [-0.25, -0.2) is 8.78 Å². The van der Waals surface area contributed by atoms with Crippen LogP contribution in [0.25, 0.3) is 0 Å². The SMILES string of the molecule is Cc1cc(Oc2ccccc2F)cc(F)c1CN.Cl. The fourth-order valence-electron chi connectivity index (χ4n) is 1.71. The van der Waals surface area contributed by atoms with Crippen LogP contribution in [0.4, 0.5) is 8.78 Å². The molecular formula is C14H14ClF2NO. The van der Waals surface area contributed by atoms with E-state index in [1.165, 1.54) is 18.2 Å². The quantitative estimate of drug-likeness (QED) is 0.927. The molecule has 0 unspecified atom stereocenters. The van der Waals surface area contributed by atoms with E-state index in [9.17, 15) is 8.78 Å². The molecule has 0 aliphatic heterocycles.